The zero-order valence-electron chi connectivity index (χ0n) is 13.3. The van der Waals surface area contributed by atoms with Crippen LogP contribution < -0.4 is 0 Å². The number of fused-ring (bicyclic) bond motifs is 1. The summed E-state index contributed by atoms with van der Waals surface area (Å²) in [5.74, 6) is -4.07. The third-order valence-corrected chi connectivity index (χ3v) is 4.03. The van der Waals surface area contributed by atoms with E-state index in [1.165, 1.54) is 6.08 Å². The molecule has 0 unspecified atom stereocenters. The monoisotopic (exact) mass is 350 g/mol. The molecular formula is C19H14F4O2. The van der Waals surface area contributed by atoms with Crippen molar-refractivity contribution in [1.82, 2.24) is 0 Å². The van der Waals surface area contributed by atoms with Gasteiger partial charge < -0.3 is 4.74 Å². The van der Waals surface area contributed by atoms with E-state index in [9.17, 15) is 22.4 Å². The highest BCUT2D eigenvalue weighted by Crippen LogP contribution is 2.35. The first-order chi connectivity index (χ1) is 11.9. The van der Waals surface area contributed by atoms with Crippen molar-refractivity contribution < 1.29 is 27.1 Å². The average molecular weight is 350 g/mol. The highest BCUT2D eigenvalue weighted by atomic mass is 19.2. The second-order valence-electron chi connectivity index (χ2n) is 5.68. The summed E-state index contributed by atoms with van der Waals surface area (Å²) < 4.78 is 60.8. The lowest BCUT2D eigenvalue weighted by Crippen LogP contribution is -2.10. The number of esters is 1. The van der Waals surface area contributed by atoms with E-state index in [1.807, 2.05) is 0 Å². The lowest BCUT2D eigenvalue weighted by Gasteiger charge is -2.19. The van der Waals surface area contributed by atoms with Crippen LogP contribution in [-0.2, 0) is 16.0 Å². The maximum atomic E-state index is 14.8. The van der Waals surface area contributed by atoms with Gasteiger partial charge in [0.1, 0.15) is 17.4 Å². The van der Waals surface area contributed by atoms with Crippen LogP contribution in [0.3, 0.4) is 0 Å². The van der Waals surface area contributed by atoms with Crippen LogP contribution in [0.5, 0.6) is 0 Å². The van der Waals surface area contributed by atoms with E-state index >= 15 is 0 Å². The Balaban J connectivity index is 2.06. The number of rotatable bonds is 3. The van der Waals surface area contributed by atoms with Gasteiger partial charge in [-0.15, -0.1) is 0 Å². The molecule has 1 aliphatic rings. The second kappa shape index (κ2) is 6.70. The van der Waals surface area contributed by atoms with Gasteiger partial charge >= 0.3 is 5.97 Å². The van der Waals surface area contributed by atoms with Gasteiger partial charge in [-0.05, 0) is 47.4 Å². The highest BCUT2D eigenvalue weighted by Gasteiger charge is 2.23. The maximum Gasteiger partial charge on any atom is 0.310 e. The van der Waals surface area contributed by atoms with Gasteiger partial charge in [0.2, 0.25) is 0 Å². The summed E-state index contributed by atoms with van der Waals surface area (Å²) in [5, 5.41) is 0. The Kier molecular flexibility index (Phi) is 4.61. The van der Waals surface area contributed by atoms with Crippen molar-refractivity contribution in [3.8, 4) is 11.1 Å². The molecule has 2 aromatic carbocycles. The molecule has 0 aliphatic heterocycles. The van der Waals surface area contributed by atoms with Gasteiger partial charge in [0.25, 0.3) is 0 Å². The van der Waals surface area contributed by atoms with Gasteiger partial charge in [0, 0.05) is 12.8 Å². The van der Waals surface area contributed by atoms with Crippen LogP contribution in [0.2, 0.25) is 0 Å². The number of carbonyl (C=O) groups excluding carboxylic acids is 1. The molecule has 130 valence electrons. The number of ether oxygens (including phenoxy) is 1. The number of benzene rings is 2. The SMILES string of the molecule is CCC(=O)OC1=Cc2cc(F)c(-c3ccc(F)c(F)c3)c(F)c2CC1. The standard InChI is InChI=1S/C19H14F4O2/c1-2-17(24)25-12-4-5-13-11(7-12)9-16(22)18(19(13)23)10-3-6-14(20)15(21)8-10/h3,6-9H,2,4-5H2,1H3. The first kappa shape index (κ1) is 17.2. The molecule has 3 rings (SSSR count). The van der Waals surface area contributed by atoms with E-state index in [1.54, 1.807) is 6.92 Å². The molecule has 2 aromatic rings. The number of hydrogen-bond donors (Lipinski definition) is 0. The van der Waals surface area contributed by atoms with Gasteiger partial charge in [0.05, 0.1) is 5.56 Å². The van der Waals surface area contributed by atoms with Crippen molar-refractivity contribution >= 4 is 12.0 Å². The second-order valence-corrected chi connectivity index (χ2v) is 5.68. The van der Waals surface area contributed by atoms with E-state index in [0.29, 0.717) is 12.2 Å². The summed E-state index contributed by atoms with van der Waals surface area (Å²) >= 11 is 0. The topological polar surface area (TPSA) is 26.3 Å². The van der Waals surface area contributed by atoms with Gasteiger partial charge in [-0.25, -0.2) is 17.6 Å². The van der Waals surface area contributed by atoms with Gasteiger partial charge in [-0.1, -0.05) is 13.0 Å². The molecule has 0 radical (unpaired) electrons. The molecule has 6 heteroatoms. The summed E-state index contributed by atoms with van der Waals surface area (Å²) in [6.45, 7) is 1.65. The van der Waals surface area contributed by atoms with Crippen molar-refractivity contribution in [1.29, 1.82) is 0 Å². The third-order valence-electron chi connectivity index (χ3n) is 4.03. The Morgan fingerprint density at radius 1 is 1.04 bits per heavy atom. The normalized spacial score (nSPS) is 13.2. The molecule has 1 aliphatic carbocycles. The number of allylic oxidation sites excluding steroid dienone is 1. The van der Waals surface area contributed by atoms with Crippen LogP contribution in [0.25, 0.3) is 17.2 Å². The predicted octanol–water partition coefficient (Wildman–Crippen LogP) is 5.15. The first-order valence-electron chi connectivity index (χ1n) is 7.78. The quantitative estimate of drug-likeness (QED) is 0.565. The van der Waals surface area contributed by atoms with E-state index in [-0.39, 0.29) is 29.5 Å². The number of hydrogen-bond acceptors (Lipinski definition) is 2. The average Bonchev–Trinajstić information content (AvgIpc) is 2.57. The predicted molar refractivity (Wildman–Crippen MR) is 84.4 cm³/mol. The first-order valence-corrected chi connectivity index (χ1v) is 7.78. The van der Waals surface area contributed by atoms with Gasteiger partial charge in [-0.3, -0.25) is 4.79 Å². The Bertz CT molecular complexity index is 887. The van der Waals surface area contributed by atoms with E-state index in [0.717, 1.165) is 24.3 Å². The van der Waals surface area contributed by atoms with E-state index < -0.39 is 34.8 Å². The molecule has 0 bridgehead atoms. The molecule has 0 saturated heterocycles. The van der Waals surface area contributed by atoms with E-state index in [4.69, 9.17) is 4.74 Å². The van der Waals surface area contributed by atoms with Crippen molar-refractivity contribution in [3.05, 3.63) is 64.4 Å². The minimum absolute atomic E-state index is 0.0797. The van der Waals surface area contributed by atoms with Crippen molar-refractivity contribution in [2.75, 3.05) is 0 Å². The molecule has 0 spiro atoms. The Morgan fingerprint density at radius 3 is 2.48 bits per heavy atom. The van der Waals surface area contributed by atoms with Crippen molar-refractivity contribution in [3.63, 3.8) is 0 Å². The fourth-order valence-corrected chi connectivity index (χ4v) is 2.77. The fourth-order valence-electron chi connectivity index (χ4n) is 2.77. The van der Waals surface area contributed by atoms with Crippen molar-refractivity contribution in [2.45, 2.75) is 26.2 Å². The largest absolute Gasteiger partial charge is 0.431 e. The summed E-state index contributed by atoms with van der Waals surface area (Å²) in [6, 6.07) is 3.81. The minimum Gasteiger partial charge on any atom is -0.431 e. The molecule has 0 fully saturated rings. The third kappa shape index (κ3) is 3.29. The highest BCUT2D eigenvalue weighted by molar-refractivity contribution is 5.74. The molecule has 0 aromatic heterocycles. The molecule has 0 saturated carbocycles. The smallest absolute Gasteiger partial charge is 0.310 e. The Hall–Kier alpha value is -2.63. The molecular weight excluding hydrogens is 336 g/mol. The summed E-state index contributed by atoms with van der Waals surface area (Å²) in [4.78, 5) is 11.3. The van der Waals surface area contributed by atoms with Crippen LogP contribution in [0.1, 0.15) is 30.9 Å². The van der Waals surface area contributed by atoms with Crippen molar-refractivity contribution in [2.24, 2.45) is 0 Å². The van der Waals surface area contributed by atoms with Gasteiger partial charge in [0.15, 0.2) is 11.6 Å². The number of carbonyl (C=O) groups is 1. The fraction of sp³-hybridized carbons (Fsp3) is 0.211. The number of halogens is 4. The molecule has 25 heavy (non-hydrogen) atoms. The van der Waals surface area contributed by atoms with Crippen LogP contribution in [0.4, 0.5) is 17.6 Å². The lowest BCUT2D eigenvalue weighted by molar-refractivity contribution is -0.139. The summed E-state index contributed by atoms with van der Waals surface area (Å²) in [6.07, 6.45) is 2.12. The molecule has 0 amide bonds. The molecule has 0 N–H and O–H groups in total. The molecule has 0 atom stereocenters. The molecule has 2 nitrogen and oxygen atoms in total. The Labute approximate surface area is 141 Å². The minimum atomic E-state index is -1.18. The zero-order chi connectivity index (χ0) is 18.1. The Morgan fingerprint density at radius 2 is 1.80 bits per heavy atom. The summed E-state index contributed by atoms with van der Waals surface area (Å²) in [5.41, 5.74) is 0.0351. The van der Waals surface area contributed by atoms with Crippen LogP contribution in [0, 0.1) is 23.3 Å². The maximum absolute atomic E-state index is 14.8. The van der Waals surface area contributed by atoms with Gasteiger partial charge in [-0.2, -0.15) is 0 Å². The lowest BCUT2D eigenvalue weighted by atomic mass is 9.91. The molecule has 0 heterocycles. The van der Waals surface area contributed by atoms with Crippen LogP contribution in [0.15, 0.2) is 30.0 Å². The van der Waals surface area contributed by atoms with Crippen LogP contribution in [-0.4, -0.2) is 5.97 Å². The summed E-state index contributed by atoms with van der Waals surface area (Å²) in [7, 11) is 0. The van der Waals surface area contributed by atoms with Crippen LogP contribution >= 0.6 is 0 Å². The van der Waals surface area contributed by atoms with E-state index in [2.05, 4.69) is 0 Å². The zero-order valence-corrected chi connectivity index (χ0v) is 13.3.